The zero-order chi connectivity index (χ0) is 35.9. The largest absolute Gasteiger partial charge is 0.509 e. The maximum absolute atomic E-state index is 15.3. The standard InChI is InChI=1S/C36H48O12Si/c1-9-49(10-2,11-3)48-22-17-23-35(18-43-23,46-20(5)37)27-30(44-31(41)21-15-13-12-14-16-21)36-29(45-32(42)47-36)25(38)19(4)24(33(36,6)7)26(39)28(40)34(22,27)8/h12-16,22-23,25-27,29-30,38-39H,9-11,17-18H2,1-8H3/t22-,23+,25+,26+,27?,29-,30?,34+,35-,36+/m0/s1. The first-order valence-electron chi connectivity index (χ1n) is 17.3. The van der Waals surface area contributed by atoms with Crippen molar-refractivity contribution in [3.63, 3.8) is 0 Å². The lowest BCUT2D eigenvalue weighted by molar-refractivity contribution is -0.344. The summed E-state index contributed by atoms with van der Waals surface area (Å²) in [6, 6.07) is 10.5. The summed E-state index contributed by atoms with van der Waals surface area (Å²) in [4.78, 5) is 55.9. The Balaban J connectivity index is 1.71. The highest BCUT2D eigenvalue weighted by Gasteiger charge is 2.82. The number of benzene rings is 1. The summed E-state index contributed by atoms with van der Waals surface area (Å²) in [6.45, 7) is 13.9. The second-order valence-electron chi connectivity index (χ2n) is 15.0. The number of carbonyl (C=O) groups excluding carboxylic acids is 4. The lowest BCUT2D eigenvalue weighted by Crippen LogP contribution is -2.83. The molecule has 2 aliphatic heterocycles. The molecule has 0 aromatic heterocycles. The Kier molecular flexibility index (Phi) is 8.75. The number of aliphatic hydroxyl groups excluding tert-OH is 2. The number of carbonyl (C=O) groups is 4. The molecule has 2 unspecified atom stereocenters. The molecule has 10 atom stereocenters. The van der Waals surface area contributed by atoms with Crippen molar-refractivity contribution in [2.75, 3.05) is 6.61 Å². The van der Waals surface area contributed by atoms with E-state index in [9.17, 15) is 24.6 Å². The van der Waals surface area contributed by atoms with Crippen LogP contribution >= 0.6 is 0 Å². The van der Waals surface area contributed by atoms with Crippen LogP contribution in [-0.4, -0.2) is 96.8 Å². The van der Waals surface area contributed by atoms with Crippen LogP contribution in [0.3, 0.4) is 0 Å². The topological polar surface area (TPSA) is 164 Å². The van der Waals surface area contributed by atoms with Crippen LogP contribution in [0.5, 0.6) is 0 Å². The zero-order valence-corrected chi connectivity index (χ0v) is 30.4. The summed E-state index contributed by atoms with van der Waals surface area (Å²) in [7, 11) is -2.49. The van der Waals surface area contributed by atoms with Gasteiger partial charge in [0, 0.05) is 18.8 Å². The molecule has 2 N–H and O–H groups in total. The van der Waals surface area contributed by atoms with Crippen LogP contribution in [0, 0.1) is 16.7 Å². The van der Waals surface area contributed by atoms with Gasteiger partial charge >= 0.3 is 18.1 Å². The van der Waals surface area contributed by atoms with Crippen LogP contribution in [0.2, 0.25) is 18.1 Å². The Morgan fingerprint density at radius 3 is 2.20 bits per heavy atom. The van der Waals surface area contributed by atoms with Crippen LogP contribution < -0.4 is 0 Å². The van der Waals surface area contributed by atoms with Crippen LogP contribution in [0.25, 0.3) is 0 Å². The van der Waals surface area contributed by atoms with Crippen molar-refractivity contribution >= 4 is 32.2 Å². The summed E-state index contributed by atoms with van der Waals surface area (Å²) in [5.74, 6) is -3.39. The van der Waals surface area contributed by atoms with Gasteiger partial charge in [0.25, 0.3) is 0 Å². The van der Waals surface area contributed by atoms with Crippen LogP contribution in [0.4, 0.5) is 4.79 Å². The van der Waals surface area contributed by atoms with Crippen LogP contribution in [0.15, 0.2) is 41.5 Å². The fourth-order valence-electron chi connectivity index (χ4n) is 9.85. The van der Waals surface area contributed by atoms with Gasteiger partial charge < -0.3 is 38.3 Å². The molecule has 2 heterocycles. The number of Topliss-reactive ketones (excluding diaryl/α,β-unsaturated/α-hetero) is 1. The summed E-state index contributed by atoms with van der Waals surface area (Å²) in [5, 5.41) is 24.1. The molecule has 6 rings (SSSR count). The molecular weight excluding hydrogens is 652 g/mol. The summed E-state index contributed by atoms with van der Waals surface area (Å²) in [6.07, 6.45) is -8.96. The lowest BCUT2D eigenvalue weighted by Gasteiger charge is -2.68. The molecule has 0 amide bonds. The third-order valence-electron chi connectivity index (χ3n) is 12.7. The third kappa shape index (κ3) is 4.75. The second kappa shape index (κ2) is 12.0. The molecule has 3 aliphatic carbocycles. The predicted molar refractivity (Wildman–Crippen MR) is 176 cm³/mol. The fourth-order valence-corrected chi connectivity index (χ4v) is 12.8. The Morgan fingerprint density at radius 2 is 1.65 bits per heavy atom. The van der Waals surface area contributed by atoms with Crippen molar-refractivity contribution in [2.45, 2.75) is 128 Å². The molecule has 5 aliphatic rings. The Labute approximate surface area is 287 Å². The van der Waals surface area contributed by atoms with Gasteiger partial charge in [-0.15, -0.1) is 0 Å². The fraction of sp³-hybridized carbons (Fsp3) is 0.667. The molecule has 4 fully saturated rings. The number of hydrogen-bond acceptors (Lipinski definition) is 12. The number of esters is 2. The van der Waals surface area contributed by atoms with Crippen LogP contribution in [-0.2, 0) is 37.7 Å². The van der Waals surface area contributed by atoms with Crippen molar-refractivity contribution in [2.24, 2.45) is 16.7 Å². The van der Waals surface area contributed by atoms with E-state index in [4.69, 9.17) is 28.1 Å². The first kappa shape index (κ1) is 35.7. The summed E-state index contributed by atoms with van der Waals surface area (Å²) >= 11 is 0. The van der Waals surface area contributed by atoms with Gasteiger partial charge in [0.15, 0.2) is 31.9 Å². The Bertz CT molecular complexity index is 1560. The molecule has 1 aromatic carbocycles. The van der Waals surface area contributed by atoms with Crippen molar-refractivity contribution in [1.82, 2.24) is 0 Å². The van der Waals surface area contributed by atoms with Gasteiger partial charge in [-0.2, -0.15) is 0 Å². The molecule has 1 aromatic rings. The van der Waals surface area contributed by atoms with E-state index < -0.39 is 96.8 Å². The average molecular weight is 701 g/mol. The van der Waals surface area contributed by atoms with Gasteiger partial charge in [-0.25, -0.2) is 9.59 Å². The van der Waals surface area contributed by atoms with Crippen LogP contribution in [0.1, 0.15) is 72.2 Å². The molecule has 2 saturated carbocycles. The van der Waals surface area contributed by atoms with Crippen molar-refractivity contribution in [1.29, 1.82) is 0 Å². The zero-order valence-electron chi connectivity index (χ0n) is 29.4. The van der Waals surface area contributed by atoms with E-state index in [2.05, 4.69) is 20.8 Å². The predicted octanol–water partition coefficient (Wildman–Crippen LogP) is 4.26. The maximum atomic E-state index is 15.3. The minimum Gasteiger partial charge on any atom is -0.454 e. The van der Waals surface area contributed by atoms with Gasteiger partial charge in [-0.3, -0.25) is 9.59 Å². The summed E-state index contributed by atoms with van der Waals surface area (Å²) in [5.41, 5.74) is -6.20. The van der Waals surface area contributed by atoms with E-state index in [0.717, 1.165) is 18.1 Å². The van der Waals surface area contributed by atoms with Gasteiger partial charge in [0.05, 0.1) is 29.6 Å². The smallest absolute Gasteiger partial charge is 0.454 e. The normalized spacial score (nSPS) is 39.2. The van der Waals surface area contributed by atoms with E-state index in [0.29, 0.717) is 0 Å². The number of ketones is 1. The minimum absolute atomic E-state index is 0.136. The molecule has 49 heavy (non-hydrogen) atoms. The molecule has 0 radical (unpaired) electrons. The number of rotatable bonds is 8. The first-order valence-corrected chi connectivity index (χ1v) is 19.8. The van der Waals surface area contributed by atoms with Crippen molar-refractivity contribution in [3.05, 3.63) is 47.0 Å². The van der Waals surface area contributed by atoms with Gasteiger partial charge in [0.1, 0.15) is 18.3 Å². The molecule has 2 bridgehead atoms. The first-order chi connectivity index (χ1) is 23.0. The van der Waals surface area contributed by atoms with Gasteiger partial charge in [-0.05, 0) is 55.3 Å². The second-order valence-corrected chi connectivity index (χ2v) is 19.7. The highest BCUT2D eigenvalue weighted by Crippen LogP contribution is 2.67. The maximum Gasteiger partial charge on any atom is 0.509 e. The van der Waals surface area contributed by atoms with E-state index in [1.165, 1.54) is 6.92 Å². The number of ether oxygens (including phenoxy) is 5. The van der Waals surface area contributed by atoms with Gasteiger partial charge in [0.2, 0.25) is 5.60 Å². The number of aliphatic hydroxyl groups is 2. The molecule has 268 valence electrons. The van der Waals surface area contributed by atoms with E-state index in [-0.39, 0.29) is 29.7 Å². The molecular formula is C36H48O12Si. The molecule has 12 nitrogen and oxygen atoms in total. The highest BCUT2D eigenvalue weighted by atomic mass is 28.4. The number of hydrogen-bond donors (Lipinski definition) is 2. The van der Waals surface area contributed by atoms with E-state index in [1.807, 2.05) is 0 Å². The molecule has 2 saturated heterocycles. The Morgan fingerprint density at radius 1 is 1.02 bits per heavy atom. The van der Waals surface area contributed by atoms with Crippen molar-refractivity contribution in [3.8, 4) is 0 Å². The molecule has 1 spiro atoms. The average Bonchev–Trinajstić information content (AvgIpc) is 3.44. The molecule has 13 heteroatoms. The van der Waals surface area contributed by atoms with E-state index in [1.54, 1.807) is 58.0 Å². The van der Waals surface area contributed by atoms with Gasteiger partial charge in [-0.1, -0.05) is 52.8 Å². The highest BCUT2D eigenvalue weighted by molar-refractivity contribution is 6.73. The summed E-state index contributed by atoms with van der Waals surface area (Å²) < 4.78 is 38.0. The number of fused-ring (bicyclic) bond motifs is 4. The third-order valence-corrected chi connectivity index (χ3v) is 17.4. The monoisotopic (exact) mass is 700 g/mol. The quantitative estimate of drug-likeness (QED) is 0.172. The van der Waals surface area contributed by atoms with Crippen molar-refractivity contribution < 1.29 is 57.5 Å². The Hall–Kier alpha value is -3.10. The SMILES string of the molecule is CC[Si](CC)(CC)O[C@H]1C[C@H]2OC[C@@]2(OC(C)=O)C2C(OC(=O)c3ccccc3)[C@]34OC(=O)O[C@H]3[C@H](O)C(C)=C([C@@H](O)C(=O)[C@@]21C)C4(C)C. The van der Waals surface area contributed by atoms with E-state index >= 15 is 4.79 Å². The minimum atomic E-state index is -2.49. The lowest BCUT2D eigenvalue weighted by atomic mass is 9.44.